The van der Waals surface area contributed by atoms with Gasteiger partial charge in [0.1, 0.15) is 5.82 Å². The van der Waals surface area contributed by atoms with E-state index in [1.165, 1.54) is 6.07 Å². The number of nitrogens with one attached hydrogen (secondary N) is 2. The number of likely N-dealkylation sites (N-methyl/N-ethyl adjacent to an activating group) is 1. The third-order valence-electron chi connectivity index (χ3n) is 2.02. The van der Waals surface area contributed by atoms with Crippen molar-refractivity contribution in [3.8, 4) is 0 Å². The maximum absolute atomic E-state index is 13.4. The summed E-state index contributed by atoms with van der Waals surface area (Å²) < 4.78 is 14.3. The Labute approximate surface area is 98.4 Å². The van der Waals surface area contributed by atoms with Gasteiger partial charge in [-0.25, -0.2) is 4.39 Å². The van der Waals surface area contributed by atoms with Gasteiger partial charge in [-0.15, -0.1) is 0 Å². The number of anilines is 1. The first-order valence-electron chi connectivity index (χ1n) is 4.82. The lowest BCUT2D eigenvalue weighted by atomic mass is 10.1. The number of hydrogen-bond donors (Lipinski definition) is 2. The van der Waals surface area contributed by atoms with E-state index >= 15 is 0 Å². The van der Waals surface area contributed by atoms with E-state index in [1.54, 1.807) is 12.1 Å². The van der Waals surface area contributed by atoms with E-state index in [-0.39, 0.29) is 11.4 Å². The summed E-state index contributed by atoms with van der Waals surface area (Å²) in [6, 6.07) is 4.88. The van der Waals surface area contributed by atoms with Crippen LogP contribution in [0.3, 0.4) is 0 Å². The van der Waals surface area contributed by atoms with Gasteiger partial charge in [-0.2, -0.15) is 0 Å². The van der Waals surface area contributed by atoms with Gasteiger partial charge >= 0.3 is 0 Å². The van der Waals surface area contributed by atoms with Gasteiger partial charge in [0.05, 0.1) is 5.69 Å². The maximum atomic E-state index is 13.4. The molecule has 0 saturated carbocycles. The summed E-state index contributed by atoms with van der Waals surface area (Å²) in [6.07, 6.45) is 0. The Hall–Kier alpha value is -0.610. The molecule has 0 fully saturated rings. The van der Waals surface area contributed by atoms with Crippen LogP contribution in [0.15, 0.2) is 22.7 Å². The lowest BCUT2D eigenvalue weighted by Gasteiger charge is -2.27. The summed E-state index contributed by atoms with van der Waals surface area (Å²) in [5.74, 6) is -0.234. The zero-order valence-corrected chi connectivity index (χ0v) is 10.8. The van der Waals surface area contributed by atoms with Crippen LogP contribution >= 0.6 is 15.9 Å². The lowest BCUT2D eigenvalue weighted by Crippen LogP contribution is -2.40. The molecule has 0 radical (unpaired) electrons. The van der Waals surface area contributed by atoms with Gasteiger partial charge in [0.25, 0.3) is 0 Å². The van der Waals surface area contributed by atoms with Gasteiger partial charge in [0.15, 0.2) is 0 Å². The minimum Gasteiger partial charge on any atom is -0.376 e. The minimum atomic E-state index is -0.234. The molecule has 0 aliphatic heterocycles. The highest BCUT2D eigenvalue weighted by Gasteiger charge is 2.17. The Morgan fingerprint density at radius 3 is 2.67 bits per heavy atom. The van der Waals surface area contributed by atoms with E-state index in [0.717, 1.165) is 11.0 Å². The molecule has 0 amide bonds. The van der Waals surface area contributed by atoms with Gasteiger partial charge in [-0.3, -0.25) is 0 Å². The molecule has 0 aliphatic rings. The molecule has 84 valence electrons. The van der Waals surface area contributed by atoms with Crippen LogP contribution in [-0.2, 0) is 0 Å². The van der Waals surface area contributed by atoms with Crippen LogP contribution in [0.1, 0.15) is 13.8 Å². The average molecular weight is 275 g/mol. The Bertz CT molecular complexity index is 339. The first-order chi connectivity index (χ1) is 6.94. The van der Waals surface area contributed by atoms with Gasteiger partial charge in [0, 0.05) is 16.6 Å². The van der Waals surface area contributed by atoms with Crippen molar-refractivity contribution in [3.05, 3.63) is 28.5 Å². The highest BCUT2D eigenvalue weighted by molar-refractivity contribution is 9.10. The smallest absolute Gasteiger partial charge is 0.146 e. The average Bonchev–Trinajstić information content (AvgIpc) is 2.10. The van der Waals surface area contributed by atoms with Crippen LogP contribution < -0.4 is 10.6 Å². The number of benzene rings is 1. The molecule has 4 heteroatoms. The van der Waals surface area contributed by atoms with Gasteiger partial charge in [0.2, 0.25) is 0 Å². The molecule has 2 nitrogen and oxygen atoms in total. The molecule has 0 saturated heterocycles. The molecule has 0 aliphatic carbocycles. The number of halogens is 2. The van der Waals surface area contributed by atoms with E-state index < -0.39 is 0 Å². The van der Waals surface area contributed by atoms with Crippen LogP contribution in [-0.4, -0.2) is 19.1 Å². The predicted molar refractivity (Wildman–Crippen MR) is 65.7 cm³/mol. The molecule has 1 rings (SSSR count). The quantitative estimate of drug-likeness (QED) is 0.882. The summed E-state index contributed by atoms with van der Waals surface area (Å²) in [5, 5.41) is 6.23. The first kappa shape index (κ1) is 12.5. The van der Waals surface area contributed by atoms with Crippen molar-refractivity contribution in [2.24, 2.45) is 0 Å². The fourth-order valence-corrected chi connectivity index (χ4v) is 1.81. The third-order valence-corrected chi connectivity index (χ3v) is 2.51. The van der Waals surface area contributed by atoms with E-state index in [1.807, 2.05) is 20.9 Å². The van der Waals surface area contributed by atoms with Crippen molar-refractivity contribution in [1.82, 2.24) is 5.32 Å². The SMILES string of the molecule is CNCC(C)(C)Nc1cc(Br)ccc1F. The number of hydrogen-bond acceptors (Lipinski definition) is 2. The standard InChI is InChI=1S/C11H16BrFN2/c1-11(2,7-14-3)15-10-6-8(12)4-5-9(10)13/h4-6,14-15H,7H2,1-3H3. The Morgan fingerprint density at radius 1 is 1.40 bits per heavy atom. The van der Waals surface area contributed by atoms with Crippen molar-refractivity contribution >= 4 is 21.6 Å². The predicted octanol–water partition coefficient (Wildman–Crippen LogP) is 3.00. The van der Waals surface area contributed by atoms with Crippen molar-refractivity contribution in [2.45, 2.75) is 19.4 Å². The molecule has 15 heavy (non-hydrogen) atoms. The third kappa shape index (κ3) is 3.80. The molecular weight excluding hydrogens is 259 g/mol. The molecule has 1 aromatic rings. The second kappa shape index (κ2) is 4.94. The van der Waals surface area contributed by atoms with Crippen molar-refractivity contribution in [1.29, 1.82) is 0 Å². The van der Waals surface area contributed by atoms with E-state index in [9.17, 15) is 4.39 Å². The molecule has 0 aromatic heterocycles. The molecule has 1 aromatic carbocycles. The van der Waals surface area contributed by atoms with Crippen LogP contribution in [0.2, 0.25) is 0 Å². The largest absolute Gasteiger partial charge is 0.376 e. The molecule has 0 bridgehead atoms. The summed E-state index contributed by atoms with van der Waals surface area (Å²) in [4.78, 5) is 0. The van der Waals surface area contributed by atoms with Gasteiger partial charge < -0.3 is 10.6 Å². The second-order valence-corrected chi connectivity index (χ2v) is 5.08. The van der Waals surface area contributed by atoms with E-state index in [2.05, 4.69) is 26.6 Å². The Balaban J connectivity index is 2.83. The fourth-order valence-electron chi connectivity index (χ4n) is 1.44. The summed E-state index contributed by atoms with van der Waals surface area (Å²) in [5.41, 5.74) is 0.334. The summed E-state index contributed by atoms with van der Waals surface area (Å²) in [7, 11) is 1.88. The topological polar surface area (TPSA) is 24.1 Å². The monoisotopic (exact) mass is 274 g/mol. The van der Waals surface area contributed by atoms with Gasteiger partial charge in [-0.05, 0) is 39.1 Å². The van der Waals surface area contributed by atoms with Crippen molar-refractivity contribution in [2.75, 3.05) is 18.9 Å². The second-order valence-electron chi connectivity index (χ2n) is 4.16. The molecular formula is C11H16BrFN2. The normalized spacial score (nSPS) is 11.5. The highest BCUT2D eigenvalue weighted by atomic mass is 79.9. The van der Waals surface area contributed by atoms with Crippen LogP contribution in [0.4, 0.5) is 10.1 Å². The zero-order valence-electron chi connectivity index (χ0n) is 9.20. The van der Waals surface area contributed by atoms with E-state index in [4.69, 9.17) is 0 Å². The molecule has 0 heterocycles. The van der Waals surface area contributed by atoms with Crippen molar-refractivity contribution < 1.29 is 4.39 Å². The van der Waals surface area contributed by atoms with Crippen molar-refractivity contribution in [3.63, 3.8) is 0 Å². The minimum absolute atomic E-state index is 0.184. The Morgan fingerprint density at radius 2 is 2.07 bits per heavy atom. The van der Waals surface area contributed by atoms with E-state index in [0.29, 0.717) is 5.69 Å². The molecule has 2 N–H and O–H groups in total. The molecule has 0 unspecified atom stereocenters. The number of rotatable bonds is 4. The maximum Gasteiger partial charge on any atom is 0.146 e. The molecule has 0 spiro atoms. The van der Waals surface area contributed by atoms with Crippen LogP contribution in [0.25, 0.3) is 0 Å². The summed E-state index contributed by atoms with van der Waals surface area (Å²) >= 11 is 3.32. The lowest BCUT2D eigenvalue weighted by molar-refractivity contribution is 0.523. The van der Waals surface area contributed by atoms with Gasteiger partial charge in [-0.1, -0.05) is 15.9 Å². The highest BCUT2D eigenvalue weighted by Crippen LogP contribution is 2.22. The first-order valence-corrected chi connectivity index (χ1v) is 5.62. The summed E-state index contributed by atoms with van der Waals surface area (Å²) in [6.45, 7) is 4.80. The zero-order chi connectivity index (χ0) is 11.5. The van der Waals surface area contributed by atoms with Crippen LogP contribution in [0, 0.1) is 5.82 Å². The van der Waals surface area contributed by atoms with Crippen LogP contribution in [0.5, 0.6) is 0 Å². The fraction of sp³-hybridized carbons (Fsp3) is 0.455. The molecule has 0 atom stereocenters. The Kier molecular flexibility index (Phi) is 4.11.